The quantitative estimate of drug-likeness (QED) is 0.890. The van der Waals surface area contributed by atoms with Crippen LogP contribution in [0.15, 0.2) is 29.6 Å². The topological polar surface area (TPSA) is 77.2 Å². The van der Waals surface area contributed by atoms with Crippen molar-refractivity contribution in [2.24, 2.45) is 0 Å². The second-order valence-corrected chi connectivity index (χ2v) is 5.86. The van der Waals surface area contributed by atoms with E-state index < -0.39 is 0 Å². The van der Waals surface area contributed by atoms with Gasteiger partial charge in [-0.25, -0.2) is 4.98 Å². The molecule has 1 unspecified atom stereocenters. The Morgan fingerprint density at radius 1 is 1.33 bits per heavy atom. The maximum Gasteiger partial charge on any atom is 0.271 e. The lowest BCUT2D eigenvalue weighted by Crippen LogP contribution is -2.27. The first-order valence-electron chi connectivity index (χ1n) is 6.75. The molecule has 2 aromatic rings. The first-order valence-corrected chi connectivity index (χ1v) is 7.62. The number of nitrogen functional groups attached to an aromatic ring is 1. The maximum absolute atomic E-state index is 12.1. The van der Waals surface area contributed by atoms with Gasteiger partial charge in [0.05, 0.1) is 12.1 Å². The van der Waals surface area contributed by atoms with E-state index in [9.17, 15) is 4.79 Å². The Hall–Kier alpha value is -2.08. The van der Waals surface area contributed by atoms with Gasteiger partial charge in [0.15, 0.2) is 5.13 Å². The van der Waals surface area contributed by atoms with Crippen molar-refractivity contribution in [2.75, 3.05) is 5.73 Å². The van der Waals surface area contributed by atoms with Crippen LogP contribution < -0.4 is 15.8 Å². The number of amides is 1. The highest BCUT2D eigenvalue weighted by molar-refractivity contribution is 7.13. The largest absolute Gasteiger partial charge is 0.491 e. The third kappa shape index (κ3) is 3.95. The molecule has 0 spiro atoms. The van der Waals surface area contributed by atoms with E-state index in [2.05, 4.69) is 10.3 Å². The third-order valence-corrected chi connectivity index (χ3v) is 3.52. The zero-order valence-corrected chi connectivity index (χ0v) is 13.1. The van der Waals surface area contributed by atoms with Gasteiger partial charge in [0.25, 0.3) is 5.91 Å². The van der Waals surface area contributed by atoms with Crippen LogP contribution in [-0.2, 0) is 0 Å². The summed E-state index contributed by atoms with van der Waals surface area (Å²) in [6.45, 7) is 5.85. The van der Waals surface area contributed by atoms with Gasteiger partial charge in [0, 0.05) is 10.9 Å². The third-order valence-electron chi connectivity index (χ3n) is 2.85. The number of nitrogens with one attached hydrogen (secondary N) is 1. The van der Waals surface area contributed by atoms with E-state index in [0.717, 1.165) is 11.3 Å². The molecule has 0 aliphatic carbocycles. The van der Waals surface area contributed by atoms with Crippen LogP contribution in [-0.4, -0.2) is 17.0 Å². The molecular weight excluding hydrogens is 286 g/mol. The number of benzene rings is 1. The fourth-order valence-corrected chi connectivity index (χ4v) is 2.48. The Morgan fingerprint density at radius 2 is 2.05 bits per heavy atom. The highest BCUT2D eigenvalue weighted by atomic mass is 32.1. The number of hydrogen-bond acceptors (Lipinski definition) is 5. The summed E-state index contributed by atoms with van der Waals surface area (Å²) in [6, 6.07) is 7.50. The molecule has 0 saturated carbocycles. The lowest BCUT2D eigenvalue weighted by molar-refractivity contribution is 0.0935. The predicted octanol–water partition coefficient (Wildman–Crippen LogP) is 3.00. The van der Waals surface area contributed by atoms with Gasteiger partial charge in [-0.05, 0) is 26.8 Å². The molecule has 2 rings (SSSR count). The van der Waals surface area contributed by atoms with E-state index >= 15 is 0 Å². The van der Waals surface area contributed by atoms with Gasteiger partial charge < -0.3 is 15.8 Å². The smallest absolute Gasteiger partial charge is 0.271 e. The first kappa shape index (κ1) is 15.3. The van der Waals surface area contributed by atoms with Gasteiger partial charge in [-0.2, -0.15) is 0 Å². The predicted molar refractivity (Wildman–Crippen MR) is 84.6 cm³/mol. The van der Waals surface area contributed by atoms with Gasteiger partial charge in [-0.3, -0.25) is 4.79 Å². The minimum absolute atomic E-state index is 0.0763. The van der Waals surface area contributed by atoms with Crippen molar-refractivity contribution in [3.8, 4) is 5.75 Å². The van der Waals surface area contributed by atoms with Crippen molar-refractivity contribution in [1.29, 1.82) is 0 Å². The van der Waals surface area contributed by atoms with E-state index in [1.807, 2.05) is 45.0 Å². The number of para-hydroxylation sites is 1. The Bertz CT molecular complexity index is 625. The van der Waals surface area contributed by atoms with Crippen molar-refractivity contribution < 1.29 is 9.53 Å². The molecule has 1 aromatic carbocycles. The number of aromatic nitrogens is 1. The molecule has 112 valence electrons. The molecule has 21 heavy (non-hydrogen) atoms. The Kier molecular flexibility index (Phi) is 4.80. The summed E-state index contributed by atoms with van der Waals surface area (Å²) in [4.78, 5) is 16.1. The Labute approximate surface area is 128 Å². The van der Waals surface area contributed by atoms with Crippen LogP contribution >= 0.6 is 11.3 Å². The number of thiazole rings is 1. The molecule has 0 radical (unpaired) electrons. The fourth-order valence-electron chi connectivity index (χ4n) is 1.94. The Morgan fingerprint density at radius 3 is 2.67 bits per heavy atom. The van der Waals surface area contributed by atoms with Gasteiger partial charge in [0.2, 0.25) is 0 Å². The van der Waals surface area contributed by atoms with E-state index in [0.29, 0.717) is 10.8 Å². The monoisotopic (exact) mass is 305 g/mol. The van der Waals surface area contributed by atoms with Crippen LogP contribution in [0.4, 0.5) is 5.13 Å². The lowest BCUT2D eigenvalue weighted by atomic mass is 10.1. The van der Waals surface area contributed by atoms with Crippen molar-refractivity contribution in [3.63, 3.8) is 0 Å². The van der Waals surface area contributed by atoms with Crippen LogP contribution in [0, 0.1) is 0 Å². The van der Waals surface area contributed by atoms with E-state index in [1.165, 1.54) is 11.3 Å². The zero-order chi connectivity index (χ0) is 15.4. The number of nitrogens with two attached hydrogens (primary N) is 1. The number of anilines is 1. The molecule has 1 amide bonds. The molecule has 0 fully saturated rings. The molecule has 6 heteroatoms. The molecule has 1 atom stereocenters. The van der Waals surface area contributed by atoms with Gasteiger partial charge in [-0.1, -0.05) is 18.2 Å². The van der Waals surface area contributed by atoms with Crippen molar-refractivity contribution in [1.82, 2.24) is 10.3 Å². The van der Waals surface area contributed by atoms with Gasteiger partial charge >= 0.3 is 0 Å². The molecule has 3 N–H and O–H groups in total. The van der Waals surface area contributed by atoms with Crippen LogP contribution in [0.25, 0.3) is 0 Å². The number of ether oxygens (including phenoxy) is 1. The molecule has 0 saturated heterocycles. The molecule has 0 aliphatic rings. The van der Waals surface area contributed by atoms with Crippen molar-refractivity contribution >= 4 is 22.4 Å². The summed E-state index contributed by atoms with van der Waals surface area (Å²) >= 11 is 1.25. The zero-order valence-electron chi connectivity index (χ0n) is 12.3. The highest BCUT2D eigenvalue weighted by Crippen LogP contribution is 2.26. The highest BCUT2D eigenvalue weighted by Gasteiger charge is 2.17. The van der Waals surface area contributed by atoms with E-state index in [4.69, 9.17) is 10.5 Å². The lowest BCUT2D eigenvalue weighted by Gasteiger charge is -2.19. The number of carbonyl (C=O) groups excluding carboxylic acids is 1. The van der Waals surface area contributed by atoms with Gasteiger partial charge in [-0.15, -0.1) is 11.3 Å². The molecule has 0 aliphatic heterocycles. The van der Waals surface area contributed by atoms with Crippen LogP contribution in [0.3, 0.4) is 0 Å². The van der Waals surface area contributed by atoms with Crippen molar-refractivity contribution in [3.05, 3.63) is 40.9 Å². The molecule has 0 bridgehead atoms. The Balaban J connectivity index is 2.13. The number of nitrogens with zero attached hydrogens (tertiary/aromatic N) is 1. The summed E-state index contributed by atoms with van der Waals surface area (Å²) in [5.41, 5.74) is 6.82. The van der Waals surface area contributed by atoms with E-state index in [-0.39, 0.29) is 18.1 Å². The summed E-state index contributed by atoms with van der Waals surface area (Å²) in [6.07, 6.45) is 0.0763. The fraction of sp³-hybridized carbons (Fsp3) is 0.333. The molecule has 1 heterocycles. The SMILES string of the molecule is CC(C)Oc1ccccc1C(C)NC(=O)c1csc(N)n1. The molecular formula is C15H19N3O2S. The summed E-state index contributed by atoms with van der Waals surface area (Å²) in [7, 11) is 0. The second-order valence-electron chi connectivity index (χ2n) is 4.97. The summed E-state index contributed by atoms with van der Waals surface area (Å²) < 4.78 is 5.77. The number of carbonyl (C=O) groups is 1. The number of hydrogen-bond donors (Lipinski definition) is 2. The number of rotatable bonds is 5. The van der Waals surface area contributed by atoms with Crippen LogP contribution in [0.2, 0.25) is 0 Å². The normalized spacial score (nSPS) is 12.2. The molecule has 1 aromatic heterocycles. The average molecular weight is 305 g/mol. The minimum atomic E-state index is -0.241. The minimum Gasteiger partial charge on any atom is -0.491 e. The van der Waals surface area contributed by atoms with E-state index in [1.54, 1.807) is 5.38 Å². The van der Waals surface area contributed by atoms with Crippen LogP contribution in [0.5, 0.6) is 5.75 Å². The first-order chi connectivity index (χ1) is 9.97. The summed E-state index contributed by atoms with van der Waals surface area (Å²) in [5, 5.41) is 4.94. The maximum atomic E-state index is 12.1. The van der Waals surface area contributed by atoms with Crippen LogP contribution in [0.1, 0.15) is 42.9 Å². The van der Waals surface area contributed by atoms with Crippen molar-refractivity contribution in [2.45, 2.75) is 32.9 Å². The average Bonchev–Trinajstić information content (AvgIpc) is 2.85. The second kappa shape index (κ2) is 6.58. The van der Waals surface area contributed by atoms with Gasteiger partial charge in [0.1, 0.15) is 11.4 Å². The summed E-state index contributed by atoms with van der Waals surface area (Å²) in [5.74, 6) is 0.535. The standard InChI is InChI=1S/C15H19N3O2S/c1-9(2)20-13-7-5-4-6-11(13)10(3)17-14(19)12-8-21-15(16)18-12/h4-10H,1-3H3,(H2,16,18)(H,17,19). The molecule has 5 nitrogen and oxygen atoms in total.